The molecule has 0 aliphatic carbocycles. The second-order valence-corrected chi connectivity index (χ2v) is 9.14. The molecule has 0 spiro atoms. The molecular weight excluding hydrogens is 437 g/mol. The molecule has 1 amide bonds. The second-order valence-electron chi connectivity index (χ2n) is 7.65. The molecule has 2 aromatic heterocycles. The van der Waals surface area contributed by atoms with Crippen LogP contribution in [0, 0.1) is 5.82 Å². The molecule has 3 aromatic rings. The summed E-state index contributed by atoms with van der Waals surface area (Å²) in [5, 5.41) is 4.26. The zero-order valence-corrected chi connectivity index (χ0v) is 18.9. The van der Waals surface area contributed by atoms with E-state index in [0.717, 1.165) is 29.6 Å². The summed E-state index contributed by atoms with van der Waals surface area (Å²) >= 11 is 7.56. The van der Waals surface area contributed by atoms with Gasteiger partial charge >= 0.3 is 0 Å². The van der Waals surface area contributed by atoms with Crippen LogP contribution in [0.25, 0.3) is 10.2 Å². The first-order valence-electron chi connectivity index (χ1n) is 10.00. The van der Waals surface area contributed by atoms with Crippen LogP contribution in [0.15, 0.2) is 36.7 Å². The van der Waals surface area contributed by atoms with Crippen molar-refractivity contribution in [3.8, 4) is 0 Å². The number of nitrogens with zero attached hydrogens (tertiary/aromatic N) is 4. The number of thiophene rings is 1. The topological polar surface area (TPSA) is 61.4 Å². The number of rotatable bonds is 5. The molecule has 4 rings (SSSR count). The lowest BCUT2D eigenvalue weighted by atomic mass is 10.1. The lowest BCUT2D eigenvalue weighted by Gasteiger charge is -2.18. The van der Waals surface area contributed by atoms with E-state index < -0.39 is 5.82 Å². The molecule has 0 saturated carbocycles. The normalized spacial score (nSPS) is 14.3. The Bertz CT molecular complexity index is 1150. The van der Waals surface area contributed by atoms with E-state index in [1.807, 2.05) is 30.0 Å². The molecule has 1 N–H and O–H groups in total. The van der Waals surface area contributed by atoms with Crippen molar-refractivity contribution in [3.63, 3.8) is 0 Å². The quantitative estimate of drug-likeness (QED) is 0.577. The number of carbonyl (C=O) groups excluding carboxylic acids is 1. The molecule has 3 heterocycles. The highest BCUT2D eigenvalue weighted by molar-refractivity contribution is 7.19. The summed E-state index contributed by atoms with van der Waals surface area (Å²) in [5.74, 6) is 0.238. The van der Waals surface area contributed by atoms with Crippen molar-refractivity contribution in [2.75, 3.05) is 39.0 Å². The molecule has 0 radical (unpaired) electrons. The molecular formula is C22H23ClFN5OS. The number of fused-ring (bicyclic) bond motifs is 3. The van der Waals surface area contributed by atoms with Crippen LogP contribution in [0.2, 0.25) is 5.02 Å². The van der Waals surface area contributed by atoms with Crippen molar-refractivity contribution in [1.82, 2.24) is 19.8 Å². The monoisotopic (exact) mass is 459 g/mol. The van der Waals surface area contributed by atoms with Gasteiger partial charge in [0.1, 0.15) is 22.8 Å². The molecule has 31 heavy (non-hydrogen) atoms. The summed E-state index contributed by atoms with van der Waals surface area (Å²) in [5.41, 5.74) is 1.83. The fourth-order valence-electron chi connectivity index (χ4n) is 3.59. The lowest BCUT2D eigenvalue weighted by molar-refractivity contribution is -0.125. The van der Waals surface area contributed by atoms with E-state index in [1.54, 1.807) is 23.5 Å². The number of nitrogens with one attached hydrogen (secondary N) is 1. The number of halogens is 2. The predicted octanol–water partition coefficient (Wildman–Crippen LogP) is 4.27. The Labute approximate surface area is 189 Å². The minimum atomic E-state index is -0.464. The fourth-order valence-corrected chi connectivity index (χ4v) is 4.95. The number of amides is 1. The Kier molecular flexibility index (Phi) is 6.50. The number of anilines is 2. The highest BCUT2D eigenvalue weighted by Gasteiger charge is 2.23. The highest BCUT2D eigenvalue weighted by atomic mass is 35.5. The first-order valence-corrected chi connectivity index (χ1v) is 11.2. The van der Waals surface area contributed by atoms with E-state index >= 15 is 0 Å². The first kappa shape index (κ1) is 21.7. The van der Waals surface area contributed by atoms with Crippen molar-refractivity contribution >= 4 is 50.6 Å². The predicted molar refractivity (Wildman–Crippen MR) is 124 cm³/mol. The zero-order chi connectivity index (χ0) is 22.0. The number of likely N-dealkylation sites (N-methyl/N-ethyl adjacent to an activating group) is 1. The third-order valence-electron chi connectivity index (χ3n) is 5.14. The molecule has 0 saturated heterocycles. The maximum Gasteiger partial charge on any atom is 0.246 e. The van der Waals surface area contributed by atoms with E-state index in [1.165, 1.54) is 28.9 Å². The number of hydrogen-bond acceptors (Lipinski definition) is 6. The Morgan fingerprint density at radius 3 is 2.90 bits per heavy atom. The molecule has 162 valence electrons. The largest absolute Gasteiger partial charge is 0.340 e. The van der Waals surface area contributed by atoms with Gasteiger partial charge in [-0.2, -0.15) is 0 Å². The van der Waals surface area contributed by atoms with Crippen molar-refractivity contribution < 1.29 is 9.18 Å². The van der Waals surface area contributed by atoms with Gasteiger partial charge in [-0.1, -0.05) is 17.7 Å². The second kappa shape index (κ2) is 9.30. The van der Waals surface area contributed by atoms with Crippen LogP contribution < -0.4 is 5.32 Å². The van der Waals surface area contributed by atoms with Crippen molar-refractivity contribution in [1.29, 1.82) is 0 Å². The number of carbonyl (C=O) groups is 1. The van der Waals surface area contributed by atoms with Crippen molar-refractivity contribution in [3.05, 3.63) is 58.0 Å². The smallest absolute Gasteiger partial charge is 0.246 e. The number of aromatic nitrogens is 2. The summed E-state index contributed by atoms with van der Waals surface area (Å²) in [6, 6.07) is 4.49. The number of benzene rings is 1. The first-order chi connectivity index (χ1) is 14.9. The van der Waals surface area contributed by atoms with Gasteiger partial charge in [-0.05, 0) is 50.7 Å². The minimum Gasteiger partial charge on any atom is -0.340 e. The van der Waals surface area contributed by atoms with E-state index in [4.69, 9.17) is 11.6 Å². The Morgan fingerprint density at radius 1 is 1.32 bits per heavy atom. The molecule has 0 unspecified atom stereocenters. The van der Waals surface area contributed by atoms with Crippen LogP contribution >= 0.6 is 22.9 Å². The molecule has 6 nitrogen and oxygen atoms in total. The molecule has 0 bridgehead atoms. The van der Waals surface area contributed by atoms with Crippen LogP contribution in [-0.4, -0.2) is 59.4 Å². The third kappa shape index (κ3) is 4.87. The van der Waals surface area contributed by atoms with Gasteiger partial charge < -0.3 is 15.1 Å². The summed E-state index contributed by atoms with van der Waals surface area (Å²) < 4.78 is 13.5. The zero-order valence-electron chi connectivity index (χ0n) is 17.4. The Hall–Kier alpha value is -2.55. The SMILES string of the molecule is CN(C)C/C=C/C(=O)N1CCc2sc3ncnc(Nc4ccc(F)c(Cl)c4)c3c2CC1. The summed E-state index contributed by atoms with van der Waals surface area (Å²) in [7, 11) is 3.94. The molecule has 0 atom stereocenters. The summed E-state index contributed by atoms with van der Waals surface area (Å²) in [4.78, 5) is 27.5. The Balaban J connectivity index is 1.58. The molecule has 1 aromatic carbocycles. The molecule has 0 fully saturated rings. The van der Waals surface area contributed by atoms with Gasteiger partial charge in [-0.25, -0.2) is 14.4 Å². The van der Waals surface area contributed by atoms with E-state index in [0.29, 0.717) is 24.6 Å². The van der Waals surface area contributed by atoms with Crippen molar-refractivity contribution in [2.45, 2.75) is 12.8 Å². The van der Waals surface area contributed by atoms with Crippen LogP contribution in [0.3, 0.4) is 0 Å². The van der Waals surface area contributed by atoms with Crippen LogP contribution in [0.5, 0.6) is 0 Å². The molecule has 1 aliphatic heterocycles. The standard InChI is InChI=1S/C22H23ClFN5OS/c1-28(2)9-3-4-19(30)29-10-7-15-18(8-11-29)31-22-20(15)21(25-13-26-22)27-14-5-6-17(24)16(23)12-14/h3-6,12-13H,7-11H2,1-2H3,(H,25,26,27)/b4-3+. The maximum atomic E-state index is 13.5. The van der Waals surface area contributed by atoms with Gasteiger partial charge in [0, 0.05) is 36.3 Å². The third-order valence-corrected chi connectivity index (χ3v) is 6.63. The highest BCUT2D eigenvalue weighted by Crippen LogP contribution is 2.37. The molecule has 9 heteroatoms. The Morgan fingerprint density at radius 2 is 2.13 bits per heavy atom. The van der Waals surface area contributed by atoms with E-state index in [9.17, 15) is 9.18 Å². The van der Waals surface area contributed by atoms with Gasteiger partial charge in [0.2, 0.25) is 5.91 Å². The van der Waals surface area contributed by atoms with Gasteiger partial charge in [-0.3, -0.25) is 4.79 Å². The van der Waals surface area contributed by atoms with Gasteiger partial charge in [-0.15, -0.1) is 11.3 Å². The minimum absolute atomic E-state index is 0.0388. The summed E-state index contributed by atoms with van der Waals surface area (Å²) in [6.45, 7) is 2.05. The van der Waals surface area contributed by atoms with E-state index in [2.05, 4.69) is 15.3 Å². The van der Waals surface area contributed by atoms with Crippen LogP contribution in [-0.2, 0) is 17.6 Å². The maximum absolute atomic E-state index is 13.5. The fraction of sp³-hybridized carbons (Fsp3) is 0.318. The van der Waals surface area contributed by atoms with Gasteiger partial charge in [0.15, 0.2) is 0 Å². The van der Waals surface area contributed by atoms with Crippen LogP contribution in [0.1, 0.15) is 10.4 Å². The average Bonchev–Trinajstić information content (AvgIpc) is 2.96. The van der Waals surface area contributed by atoms with Crippen LogP contribution in [0.4, 0.5) is 15.9 Å². The average molecular weight is 460 g/mol. The lowest BCUT2D eigenvalue weighted by Crippen LogP contribution is -2.32. The van der Waals surface area contributed by atoms with E-state index in [-0.39, 0.29) is 10.9 Å². The van der Waals surface area contributed by atoms with Gasteiger partial charge in [0.05, 0.1) is 10.4 Å². The summed E-state index contributed by atoms with van der Waals surface area (Å²) in [6.07, 6.45) is 6.59. The molecule has 1 aliphatic rings. The van der Waals surface area contributed by atoms with Crippen molar-refractivity contribution in [2.24, 2.45) is 0 Å². The van der Waals surface area contributed by atoms with Gasteiger partial charge in [0.25, 0.3) is 0 Å². The number of hydrogen-bond donors (Lipinski definition) is 1.